The van der Waals surface area contributed by atoms with Crippen LogP contribution in [-0.2, 0) is 26.0 Å². The summed E-state index contributed by atoms with van der Waals surface area (Å²) >= 11 is 5.97. The fourth-order valence-corrected chi connectivity index (χ4v) is 4.74. The fourth-order valence-electron chi connectivity index (χ4n) is 2.95. The molecule has 1 aliphatic heterocycles. The van der Waals surface area contributed by atoms with Gasteiger partial charge in [-0.2, -0.15) is 0 Å². The number of benzene rings is 1. The van der Waals surface area contributed by atoms with Crippen molar-refractivity contribution in [3.8, 4) is 5.88 Å². The topological polar surface area (TPSA) is 106 Å². The van der Waals surface area contributed by atoms with E-state index >= 15 is 0 Å². The molecule has 0 spiro atoms. The van der Waals surface area contributed by atoms with E-state index in [1.807, 2.05) is 0 Å². The maximum atomic E-state index is 13.3. The van der Waals surface area contributed by atoms with Gasteiger partial charge in [0.2, 0.25) is 5.88 Å². The van der Waals surface area contributed by atoms with Crippen molar-refractivity contribution in [2.75, 3.05) is 17.5 Å². The molecule has 1 aromatic carbocycles. The third-order valence-electron chi connectivity index (χ3n) is 4.16. The molecule has 1 N–H and O–H groups in total. The van der Waals surface area contributed by atoms with E-state index < -0.39 is 27.7 Å². The first-order valence-corrected chi connectivity index (χ1v) is 11.1. The molecule has 0 aliphatic carbocycles. The number of pyridine rings is 1. The molecule has 10 heteroatoms. The average Bonchev–Trinajstić information content (AvgIpc) is 2.65. The van der Waals surface area contributed by atoms with Crippen LogP contribution in [-0.4, -0.2) is 49.3 Å². The lowest BCUT2D eigenvalue weighted by Crippen LogP contribution is -2.45. The van der Waals surface area contributed by atoms with Crippen molar-refractivity contribution < 1.29 is 27.8 Å². The number of halogens is 1. The van der Waals surface area contributed by atoms with E-state index in [0.29, 0.717) is 5.56 Å². The molecule has 0 saturated carbocycles. The lowest BCUT2D eigenvalue weighted by atomic mass is 10.1. The first-order chi connectivity index (χ1) is 14.0. The average molecular weight is 455 g/mol. The molecule has 8 nitrogen and oxygen atoms in total. The van der Waals surface area contributed by atoms with Crippen molar-refractivity contribution in [2.24, 2.45) is 0 Å². The largest absolute Gasteiger partial charge is 0.468 e. The van der Waals surface area contributed by atoms with Crippen molar-refractivity contribution >= 4 is 33.3 Å². The minimum Gasteiger partial charge on any atom is -0.468 e. The molecule has 1 aliphatic rings. The fraction of sp³-hybridized carbons (Fsp3) is 0.400. The number of hydrogen-bond acceptors (Lipinski definition) is 7. The SMILES string of the molecule is CC(C)(C)OC(=O)Cc1cnc2c(c1)N(S(=O)(=O)c1cccc(Cl)c1)C[C@H](CO)O2. The number of aliphatic hydroxyl groups is 1. The predicted molar refractivity (Wildman–Crippen MR) is 111 cm³/mol. The Hall–Kier alpha value is -2.36. The van der Waals surface area contributed by atoms with Gasteiger partial charge >= 0.3 is 5.97 Å². The number of fused-ring (bicyclic) bond motifs is 1. The van der Waals surface area contributed by atoms with Gasteiger partial charge in [-0.1, -0.05) is 17.7 Å². The molecule has 2 aromatic rings. The molecule has 0 saturated heterocycles. The number of carbonyl (C=O) groups excluding carboxylic acids is 1. The van der Waals surface area contributed by atoms with Crippen LogP contribution in [0, 0.1) is 0 Å². The van der Waals surface area contributed by atoms with E-state index in [-0.39, 0.29) is 41.1 Å². The summed E-state index contributed by atoms with van der Waals surface area (Å²) in [4.78, 5) is 16.3. The number of anilines is 1. The van der Waals surface area contributed by atoms with Crippen molar-refractivity contribution in [2.45, 2.75) is 43.8 Å². The van der Waals surface area contributed by atoms with Crippen LogP contribution in [0.15, 0.2) is 41.4 Å². The van der Waals surface area contributed by atoms with Gasteiger partial charge in [0.25, 0.3) is 10.0 Å². The smallest absolute Gasteiger partial charge is 0.310 e. The van der Waals surface area contributed by atoms with Gasteiger partial charge in [0.1, 0.15) is 17.4 Å². The van der Waals surface area contributed by atoms with Gasteiger partial charge in [-0.05, 0) is 50.6 Å². The Bertz CT molecular complexity index is 1050. The summed E-state index contributed by atoms with van der Waals surface area (Å²) in [5.74, 6) is -0.405. The molecule has 3 rings (SSSR count). The zero-order valence-corrected chi connectivity index (χ0v) is 18.4. The zero-order valence-electron chi connectivity index (χ0n) is 16.8. The molecule has 0 amide bonds. The van der Waals surface area contributed by atoms with Gasteiger partial charge in [0.15, 0.2) is 0 Å². The molecule has 1 aromatic heterocycles. The summed E-state index contributed by atoms with van der Waals surface area (Å²) in [5.41, 5.74) is 0.0130. The number of aromatic nitrogens is 1. The van der Waals surface area contributed by atoms with E-state index in [1.165, 1.54) is 30.5 Å². The maximum absolute atomic E-state index is 13.3. The molecule has 0 radical (unpaired) electrons. The number of esters is 1. The lowest BCUT2D eigenvalue weighted by molar-refractivity contribution is -0.153. The maximum Gasteiger partial charge on any atom is 0.310 e. The lowest BCUT2D eigenvalue weighted by Gasteiger charge is -2.34. The summed E-state index contributed by atoms with van der Waals surface area (Å²) in [6.45, 7) is 4.78. The van der Waals surface area contributed by atoms with Crippen molar-refractivity contribution in [1.82, 2.24) is 4.98 Å². The number of aliphatic hydroxyl groups excluding tert-OH is 1. The standard InChI is InChI=1S/C20H23ClN2O6S/c1-20(2,3)29-18(25)8-13-7-17-19(22-10-13)28-15(12-24)11-23(17)30(26,27)16-6-4-5-14(21)9-16/h4-7,9-10,15,24H,8,11-12H2,1-3H3/t15-/m1/s1. The molecule has 162 valence electrons. The van der Waals surface area contributed by atoms with Gasteiger partial charge in [0, 0.05) is 11.2 Å². The normalized spacial score (nSPS) is 16.6. The second-order valence-corrected chi connectivity index (χ2v) is 10.1. The zero-order chi connectivity index (χ0) is 22.1. The van der Waals surface area contributed by atoms with Crippen LogP contribution in [0.3, 0.4) is 0 Å². The molecule has 2 heterocycles. The summed E-state index contributed by atoms with van der Waals surface area (Å²) in [6, 6.07) is 7.42. The van der Waals surface area contributed by atoms with Crippen molar-refractivity contribution in [3.05, 3.63) is 47.1 Å². The van der Waals surface area contributed by atoms with E-state index in [2.05, 4.69) is 4.98 Å². The highest BCUT2D eigenvalue weighted by Gasteiger charge is 2.35. The Kier molecular flexibility index (Phi) is 6.26. The van der Waals surface area contributed by atoms with Crippen molar-refractivity contribution in [1.29, 1.82) is 0 Å². The number of sulfonamides is 1. The highest BCUT2D eigenvalue weighted by molar-refractivity contribution is 7.92. The number of hydrogen-bond donors (Lipinski definition) is 1. The van der Waals surface area contributed by atoms with E-state index in [0.717, 1.165) is 4.31 Å². The molecule has 0 unspecified atom stereocenters. The second kappa shape index (κ2) is 8.41. The van der Waals surface area contributed by atoms with Crippen LogP contribution in [0.4, 0.5) is 5.69 Å². The summed E-state index contributed by atoms with van der Waals surface area (Å²) < 4.78 is 38.6. The van der Waals surface area contributed by atoms with Gasteiger partial charge in [-0.15, -0.1) is 0 Å². The molecule has 1 atom stereocenters. The highest BCUT2D eigenvalue weighted by atomic mass is 35.5. The summed E-state index contributed by atoms with van der Waals surface area (Å²) in [7, 11) is -4.01. The number of ether oxygens (including phenoxy) is 2. The molecule has 30 heavy (non-hydrogen) atoms. The van der Waals surface area contributed by atoms with E-state index in [9.17, 15) is 18.3 Å². The molecule has 0 fully saturated rings. The Balaban J connectivity index is 1.99. The monoisotopic (exact) mass is 454 g/mol. The van der Waals surface area contributed by atoms with Crippen molar-refractivity contribution in [3.63, 3.8) is 0 Å². The number of nitrogens with zero attached hydrogens (tertiary/aromatic N) is 2. The molecular formula is C20H23ClN2O6S. The van der Waals surface area contributed by atoms with Gasteiger partial charge in [-0.3, -0.25) is 9.10 Å². The Morgan fingerprint density at radius 3 is 2.73 bits per heavy atom. The Morgan fingerprint density at radius 2 is 2.10 bits per heavy atom. The van der Waals surface area contributed by atoms with E-state index in [4.69, 9.17) is 21.1 Å². The first-order valence-electron chi connectivity index (χ1n) is 9.26. The van der Waals surface area contributed by atoms with Crippen LogP contribution < -0.4 is 9.04 Å². The van der Waals surface area contributed by atoms with Crippen LogP contribution in [0.25, 0.3) is 0 Å². The van der Waals surface area contributed by atoms with Crippen LogP contribution >= 0.6 is 11.6 Å². The Morgan fingerprint density at radius 1 is 1.37 bits per heavy atom. The van der Waals surface area contributed by atoms with Gasteiger partial charge < -0.3 is 14.6 Å². The number of rotatable bonds is 5. The quantitative estimate of drug-likeness (QED) is 0.692. The molecule has 0 bridgehead atoms. The highest BCUT2D eigenvalue weighted by Crippen LogP contribution is 2.36. The number of carbonyl (C=O) groups is 1. The van der Waals surface area contributed by atoms with Crippen LogP contribution in [0.1, 0.15) is 26.3 Å². The van der Waals surface area contributed by atoms with E-state index in [1.54, 1.807) is 26.8 Å². The summed E-state index contributed by atoms with van der Waals surface area (Å²) in [5, 5.41) is 9.82. The summed E-state index contributed by atoms with van der Waals surface area (Å²) in [6.07, 6.45) is 0.564. The minimum atomic E-state index is -4.01. The predicted octanol–water partition coefficient (Wildman–Crippen LogP) is 2.57. The molecular weight excluding hydrogens is 432 g/mol. The minimum absolute atomic E-state index is 0.00270. The van der Waals surface area contributed by atoms with Gasteiger partial charge in [-0.25, -0.2) is 13.4 Å². The van der Waals surface area contributed by atoms with Crippen LogP contribution in [0.2, 0.25) is 5.02 Å². The second-order valence-electron chi connectivity index (χ2n) is 7.85. The third kappa shape index (κ3) is 5.03. The van der Waals surface area contributed by atoms with Crippen LogP contribution in [0.5, 0.6) is 5.88 Å². The Labute approximate surface area is 180 Å². The third-order valence-corrected chi connectivity index (χ3v) is 6.17. The van der Waals surface area contributed by atoms with Gasteiger partial charge in [0.05, 0.1) is 24.5 Å². The first kappa shape index (κ1) is 22.3.